The minimum atomic E-state index is -0.171. The molecule has 0 radical (unpaired) electrons. The van der Waals surface area contributed by atoms with Crippen molar-refractivity contribution in [3.05, 3.63) is 53.1 Å². The van der Waals surface area contributed by atoms with Crippen LogP contribution in [-0.4, -0.2) is 26.8 Å². The highest BCUT2D eigenvalue weighted by atomic mass is 35.5. The average molecular weight is 305 g/mol. The number of hydrogen-bond donors (Lipinski definition) is 1. The van der Waals surface area contributed by atoms with Gasteiger partial charge in [-0.3, -0.25) is 9.78 Å². The summed E-state index contributed by atoms with van der Waals surface area (Å²) in [5.74, 6) is -0.171. The fourth-order valence-corrected chi connectivity index (χ4v) is 2.12. The predicted molar refractivity (Wildman–Crippen MR) is 82.9 cm³/mol. The van der Waals surface area contributed by atoms with Gasteiger partial charge in [0.05, 0.1) is 17.4 Å². The number of nitrogens with two attached hydrogens (primary N) is 1. The van der Waals surface area contributed by atoms with Gasteiger partial charge in [0, 0.05) is 25.0 Å². The molecule has 110 valence electrons. The van der Waals surface area contributed by atoms with E-state index in [1.165, 1.54) is 12.3 Å². The first-order valence-corrected chi connectivity index (χ1v) is 6.97. The summed E-state index contributed by atoms with van der Waals surface area (Å²) in [5, 5.41) is 0.248. The second-order valence-electron chi connectivity index (χ2n) is 4.98. The van der Waals surface area contributed by atoms with Crippen molar-refractivity contribution in [2.75, 3.05) is 5.73 Å². The highest BCUT2D eigenvalue weighted by Gasteiger charge is 2.21. The smallest absolute Gasteiger partial charge is 0.256 e. The second-order valence-corrected chi connectivity index (χ2v) is 5.37. The van der Waals surface area contributed by atoms with Crippen molar-refractivity contribution < 1.29 is 4.79 Å². The van der Waals surface area contributed by atoms with Crippen LogP contribution in [0.4, 0.5) is 5.69 Å². The monoisotopic (exact) mass is 304 g/mol. The lowest BCUT2D eigenvalue weighted by atomic mass is 10.1. The van der Waals surface area contributed by atoms with Gasteiger partial charge in [-0.2, -0.15) is 0 Å². The first-order chi connectivity index (χ1) is 9.99. The molecule has 1 amide bonds. The van der Waals surface area contributed by atoms with E-state index in [4.69, 9.17) is 17.3 Å². The summed E-state index contributed by atoms with van der Waals surface area (Å²) in [6, 6.07) is 5.29. The van der Waals surface area contributed by atoms with E-state index in [0.717, 1.165) is 5.56 Å². The summed E-state index contributed by atoms with van der Waals surface area (Å²) in [4.78, 5) is 22.4. The molecular formula is C15H17ClN4O. The van der Waals surface area contributed by atoms with E-state index >= 15 is 0 Å². The molecule has 0 saturated heterocycles. The Bertz CT molecular complexity index is 631. The zero-order chi connectivity index (χ0) is 15.4. The fourth-order valence-electron chi connectivity index (χ4n) is 1.96. The number of nitrogens with zero attached hydrogens (tertiary/aromatic N) is 3. The highest BCUT2D eigenvalue weighted by molar-refractivity contribution is 6.29. The quantitative estimate of drug-likeness (QED) is 0.882. The Morgan fingerprint density at radius 1 is 1.43 bits per heavy atom. The summed E-state index contributed by atoms with van der Waals surface area (Å²) < 4.78 is 0. The van der Waals surface area contributed by atoms with Gasteiger partial charge in [0.1, 0.15) is 5.15 Å². The lowest BCUT2D eigenvalue weighted by Gasteiger charge is -2.27. The predicted octanol–water partition coefficient (Wildman–Crippen LogP) is 2.76. The van der Waals surface area contributed by atoms with Gasteiger partial charge in [-0.25, -0.2) is 4.98 Å². The van der Waals surface area contributed by atoms with E-state index in [9.17, 15) is 4.79 Å². The summed E-state index contributed by atoms with van der Waals surface area (Å²) >= 11 is 5.86. The van der Waals surface area contributed by atoms with Crippen LogP contribution < -0.4 is 5.73 Å². The summed E-state index contributed by atoms with van der Waals surface area (Å²) in [6.07, 6.45) is 4.84. The van der Waals surface area contributed by atoms with Crippen LogP contribution in [0.5, 0.6) is 0 Å². The number of nitrogen functional groups attached to an aromatic ring is 1. The molecule has 0 aliphatic rings. The molecule has 2 rings (SSSR count). The standard InChI is InChI=1S/C15H17ClN4O/c1-10(2)20(9-11-4-3-5-18-7-11)15(21)12-6-14(16)19-8-13(12)17/h3-8,10H,9,17H2,1-2H3. The van der Waals surface area contributed by atoms with Gasteiger partial charge >= 0.3 is 0 Å². The van der Waals surface area contributed by atoms with E-state index < -0.39 is 0 Å². The Kier molecular flexibility index (Phi) is 4.75. The van der Waals surface area contributed by atoms with Crippen molar-refractivity contribution in [2.24, 2.45) is 0 Å². The number of carbonyl (C=O) groups excluding carboxylic acids is 1. The normalized spacial score (nSPS) is 10.7. The van der Waals surface area contributed by atoms with Crippen molar-refractivity contribution >= 4 is 23.2 Å². The summed E-state index contributed by atoms with van der Waals surface area (Å²) in [7, 11) is 0. The minimum Gasteiger partial charge on any atom is -0.397 e. The lowest BCUT2D eigenvalue weighted by molar-refractivity contribution is 0.0691. The highest BCUT2D eigenvalue weighted by Crippen LogP contribution is 2.19. The third kappa shape index (κ3) is 3.70. The molecule has 0 atom stereocenters. The first-order valence-electron chi connectivity index (χ1n) is 6.60. The molecule has 2 aromatic rings. The average Bonchev–Trinajstić information content (AvgIpc) is 2.47. The summed E-state index contributed by atoms with van der Waals surface area (Å²) in [5.41, 5.74) is 7.49. The molecule has 0 aliphatic heterocycles. The molecule has 0 aliphatic carbocycles. The Labute approximate surface area is 128 Å². The maximum absolute atomic E-state index is 12.7. The van der Waals surface area contributed by atoms with Gasteiger partial charge < -0.3 is 10.6 Å². The summed E-state index contributed by atoms with van der Waals surface area (Å²) in [6.45, 7) is 4.37. The van der Waals surface area contributed by atoms with E-state index in [2.05, 4.69) is 9.97 Å². The van der Waals surface area contributed by atoms with Gasteiger partial charge in [-0.1, -0.05) is 17.7 Å². The number of anilines is 1. The Morgan fingerprint density at radius 3 is 2.81 bits per heavy atom. The van der Waals surface area contributed by atoms with Gasteiger partial charge in [0.15, 0.2) is 0 Å². The van der Waals surface area contributed by atoms with Crippen molar-refractivity contribution in [1.29, 1.82) is 0 Å². The molecule has 0 aromatic carbocycles. The number of halogens is 1. The topological polar surface area (TPSA) is 72.1 Å². The molecule has 2 aromatic heterocycles. The number of pyridine rings is 2. The number of amides is 1. The van der Waals surface area contributed by atoms with Crippen LogP contribution in [0.3, 0.4) is 0 Å². The van der Waals surface area contributed by atoms with Gasteiger partial charge in [0.25, 0.3) is 5.91 Å². The van der Waals surface area contributed by atoms with E-state index in [0.29, 0.717) is 17.8 Å². The van der Waals surface area contributed by atoms with Crippen LogP contribution in [-0.2, 0) is 6.54 Å². The molecule has 2 N–H and O–H groups in total. The zero-order valence-corrected chi connectivity index (χ0v) is 12.7. The van der Waals surface area contributed by atoms with E-state index in [1.807, 2.05) is 26.0 Å². The van der Waals surface area contributed by atoms with E-state index in [1.54, 1.807) is 17.3 Å². The third-order valence-electron chi connectivity index (χ3n) is 3.09. The van der Waals surface area contributed by atoms with Crippen LogP contribution in [0.1, 0.15) is 29.8 Å². The lowest BCUT2D eigenvalue weighted by Crippen LogP contribution is -2.36. The minimum absolute atomic E-state index is 0.0176. The van der Waals surface area contributed by atoms with Crippen LogP contribution in [0.25, 0.3) is 0 Å². The molecule has 6 heteroatoms. The maximum Gasteiger partial charge on any atom is 0.256 e. The number of aromatic nitrogens is 2. The van der Waals surface area contributed by atoms with Crippen molar-refractivity contribution in [1.82, 2.24) is 14.9 Å². The van der Waals surface area contributed by atoms with Crippen LogP contribution in [0, 0.1) is 0 Å². The molecule has 0 fully saturated rings. The van der Waals surface area contributed by atoms with Gasteiger partial charge in [-0.05, 0) is 31.5 Å². The zero-order valence-electron chi connectivity index (χ0n) is 12.0. The maximum atomic E-state index is 12.7. The Hall–Kier alpha value is -2.14. The molecular weight excluding hydrogens is 288 g/mol. The van der Waals surface area contributed by atoms with Crippen LogP contribution in [0.2, 0.25) is 5.15 Å². The van der Waals surface area contributed by atoms with E-state index in [-0.39, 0.29) is 17.1 Å². The molecule has 2 heterocycles. The van der Waals surface area contributed by atoms with Crippen molar-refractivity contribution in [3.8, 4) is 0 Å². The molecule has 0 spiro atoms. The SMILES string of the molecule is CC(C)N(Cc1cccnc1)C(=O)c1cc(Cl)ncc1N. The molecule has 0 unspecified atom stereocenters. The number of carbonyl (C=O) groups is 1. The fraction of sp³-hybridized carbons (Fsp3) is 0.267. The van der Waals surface area contributed by atoms with Crippen molar-refractivity contribution in [3.63, 3.8) is 0 Å². The van der Waals surface area contributed by atoms with Crippen LogP contribution in [0.15, 0.2) is 36.8 Å². The van der Waals surface area contributed by atoms with Gasteiger partial charge in [-0.15, -0.1) is 0 Å². The number of hydrogen-bond acceptors (Lipinski definition) is 4. The first kappa shape index (κ1) is 15.3. The largest absolute Gasteiger partial charge is 0.397 e. The Morgan fingerprint density at radius 2 is 2.19 bits per heavy atom. The van der Waals surface area contributed by atoms with Crippen LogP contribution >= 0.6 is 11.6 Å². The Balaban J connectivity index is 2.30. The molecule has 21 heavy (non-hydrogen) atoms. The third-order valence-corrected chi connectivity index (χ3v) is 3.30. The molecule has 0 saturated carbocycles. The van der Waals surface area contributed by atoms with Gasteiger partial charge in [0.2, 0.25) is 0 Å². The second kappa shape index (κ2) is 6.54. The molecule has 0 bridgehead atoms. The number of rotatable bonds is 4. The molecule has 5 nitrogen and oxygen atoms in total. The van der Waals surface area contributed by atoms with Crippen molar-refractivity contribution in [2.45, 2.75) is 26.4 Å².